The zero-order chi connectivity index (χ0) is 29.3. The molecule has 216 valence electrons. The molecular formula is C32H41N7O2. The molecule has 0 radical (unpaired) electrons. The standard InChI is InChI=1S/C32H41N7O2/c1-7-8-23-15-21(4)36-31(41)28(23)19-33-30(40)26-16-27(25-9-10-39(20(2)3)29(25)22(26)5)24-17-34-32(35-18-24)38-13-11-37(6)12-14-38/h9-10,15-18,20H,7-8,11-14,19H2,1-6H3,(H,33,40)(H,36,41). The number of piperazine rings is 1. The highest BCUT2D eigenvalue weighted by atomic mass is 16.1. The number of hydrogen-bond acceptors (Lipinski definition) is 6. The molecule has 1 aliphatic heterocycles. The van der Waals surface area contributed by atoms with Gasteiger partial charge in [0.15, 0.2) is 0 Å². The predicted molar refractivity (Wildman–Crippen MR) is 165 cm³/mol. The van der Waals surface area contributed by atoms with E-state index in [4.69, 9.17) is 9.97 Å². The van der Waals surface area contributed by atoms with E-state index in [0.717, 1.165) is 83.8 Å². The number of carbonyl (C=O) groups is 1. The molecule has 0 bridgehead atoms. The van der Waals surface area contributed by atoms with Gasteiger partial charge in [-0.25, -0.2) is 9.97 Å². The third-order valence-corrected chi connectivity index (χ3v) is 8.10. The first-order valence-corrected chi connectivity index (χ1v) is 14.6. The van der Waals surface area contributed by atoms with Gasteiger partial charge in [-0.2, -0.15) is 0 Å². The van der Waals surface area contributed by atoms with Gasteiger partial charge in [-0.1, -0.05) is 13.3 Å². The molecule has 1 fully saturated rings. The topological polar surface area (TPSA) is 99.1 Å². The van der Waals surface area contributed by atoms with Crippen molar-refractivity contribution in [1.29, 1.82) is 0 Å². The Hall–Kier alpha value is -3.98. The number of H-pyrrole nitrogens is 1. The number of amides is 1. The predicted octanol–water partition coefficient (Wildman–Crippen LogP) is 4.62. The first-order chi connectivity index (χ1) is 19.7. The van der Waals surface area contributed by atoms with Gasteiger partial charge in [0.05, 0.1) is 5.52 Å². The van der Waals surface area contributed by atoms with Crippen molar-refractivity contribution in [3.8, 4) is 11.1 Å². The van der Waals surface area contributed by atoms with Crippen LogP contribution in [0.25, 0.3) is 22.0 Å². The van der Waals surface area contributed by atoms with Gasteiger partial charge in [0, 0.05) is 85.1 Å². The number of likely N-dealkylation sites (N-methyl/N-ethyl adjacent to an activating group) is 1. The van der Waals surface area contributed by atoms with Crippen LogP contribution in [0, 0.1) is 13.8 Å². The number of pyridine rings is 1. The average molecular weight is 556 g/mol. The van der Waals surface area contributed by atoms with E-state index in [0.29, 0.717) is 11.1 Å². The summed E-state index contributed by atoms with van der Waals surface area (Å²) in [6, 6.07) is 6.27. The van der Waals surface area contributed by atoms with Gasteiger partial charge in [-0.15, -0.1) is 0 Å². The summed E-state index contributed by atoms with van der Waals surface area (Å²) >= 11 is 0. The maximum Gasteiger partial charge on any atom is 0.253 e. The summed E-state index contributed by atoms with van der Waals surface area (Å²) in [5, 5.41) is 4.10. The Bertz CT molecular complexity index is 1610. The third kappa shape index (κ3) is 5.77. The fourth-order valence-electron chi connectivity index (χ4n) is 5.79. The fraction of sp³-hybridized carbons (Fsp3) is 0.438. The van der Waals surface area contributed by atoms with Crippen LogP contribution in [-0.4, -0.2) is 63.6 Å². The van der Waals surface area contributed by atoms with Crippen LogP contribution in [-0.2, 0) is 13.0 Å². The molecule has 4 heterocycles. The molecule has 9 heteroatoms. The van der Waals surface area contributed by atoms with Gasteiger partial charge in [0.2, 0.25) is 5.95 Å². The summed E-state index contributed by atoms with van der Waals surface area (Å²) in [4.78, 5) is 43.3. The normalized spacial score (nSPS) is 14.3. The minimum atomic E-state index is -0.209. The van der Waals surface area contributed by atoms with Gasteiger partial charge in [-0.05, 0) is 76.1 Å². The van der Waals surface area contributed by atoms with Gasteiger partial charge >= 0.3 is 0 Å². The lowest BCUT2D eigenvalue weighted by molar-refractivity contribution is 0.0950. The Morgan fingerprint density at radius 1 is 1.10 bits per heavy atom. The van der Waals surface area contributed by atoms with Crippen LogP contribution in [0.2, 0.25) is 0 Å². The van der Waals surface area contributed by atoms with Crippen LogP contribution in [0.1, 0.15) is 66.0 Å². The van der Waals surface area contributed by atoms with E-state index in [9.17, 15) is 9.59 Å². The average Bonchev–Trinajstić information content (AvgIpc) is 3.40. The molecule has 1 aromatic carbocycles. The Labute approximate surface area is 241 Å². The number of aromatic nitrogens is 4. The van der Waals surface area contributed by atoms with Crippen molar-refractivity contribution in [3.05, 3.63) is 75.1 Å². The maximum atomic E-state index is 13.7. The van der Waals surface area contributed by atoms with E-state index >= 15 is 0 Å². The number of aromatic amines is 1. The number of hydrogen-bond donors (Lipinski definition) is 2. The molecule has 0 atom stereocenters. The number of nitrogens with zero attached hydrogens (tertiary/aromatic N) is 5. The summed E-state index contributed by atoms with van der Waals surface area (Å²) in [6.07, 6.45) is 7.52. The lowest BCUT2D eigenvalue weighted by Gasteiger charge is -2.32. The molecule has 9 nitrogen and oxygen atoms in total. The van der Waals surface area contributed by atoms with Gasteiger partial charge in [0.1, 0.15) is 0 Å². The Kier molecular flexibility index (Phi) is 8.26. The van der Waals surface area contributed by atoms with Gasteiger partial charge in [-0.3, -0.25) is 9.59 Å². The zero-order valence-electron chi connectivity index (χ0n) is 25.0. The van der Waals surface area contributed by atoms with Crippen LogP contribution in [0.3, 0.4) is 0 Å². The number of nitrogens with one attached hydrogen (secondary N) is 2. The first-order valence-electron chi connectivity index (χ1n) is 14.6. The number of fused-ring (bicyclic) bond motifs is 1. The van der Waals surface area contributed by atoms with Crippen LogP contribution in [0.15, 0.2) is 41.6 Å². The van der Waals surface area contributed by atoms with E-state index in [1.165, 1.54) is 0 Å². The van der Waals surface area contributed by atoms with E-state index in [2.05, 4.69) is 64.7 Å². The van der Waals surface area contributed by atoms with E-state index < -0.39 is 0 Å². The minimum Gasteiger partial charge on any atom is -0.348 e. The summed E-state index contributed by atoms with van der Waals surface area (Å²) in [7, 11) is 2.13. The van der Waals surface area contributed by atoms with Crippen molar-refractivity contribution >= 4 is 22.8 Å². The minimum absolute atomic E-state index is 0.145. The molecule has 4 aromatic rings. The van der Waals surface area contributed by atoms with Crippen LogP contribution < -0.4 is 15.8 Å². The van der Waals surface area contributed by atoms with Crippen molar-refractivity contribution in [2.45, 2.75) is 60.0 Å². The molecule has 1 saturated heterocycles. The van der Waals surface area contributed by atoms with Gasteiger partial charge in [0.25, 0.3) is 11.5 Å². The Balaban J connectivity index is 1.51. The largest absolute Gasteiger partial charge is 0.348 e. The molecule has 2 N–H and O–H groups in total. The molecule has 0 unspecified atom stereocenters. The van der Waals surface area contributed by atoms with Crippen LogP contribution in [0.5, 0.6) is 0 Å². The second-order valence-electron chi connectivity index (χ2n) is 11.5. The van der Waals surface area contributed by atoms with Crippen LogP contribution >= 0.6 is 0 Å². The summed E-state index contributed by atoms with van der Waals surface area (Å²) in [5.41, 5.74) is 6.56. The van der Waals surface area contributed by atoms with Crippen molar-refractivity contribution in [3.63, 3.8) is 0 Å². The van der Waals surface area contributed by atoms with Crippen LogP contribution in [0.4, 0.5) is 5.95 Å². The monoisotopic (exact) mass is 555 g/mol. The van der Waals surface area contributed by atoms with Gasteiger partial charge < -0.3 is 24.7 Å². The SMILES string of the molecule is CCCc1cc(C)[nH]c(=O)c1CNC(=O)c1cc(-c2cnc(N3CCN(C)CC3)nc2)c2ccn(C(C)C)c2c1C. The van der Waals surface area contributed by atoms with Crippen molar-refractivity contribution in [1.82, 2.24) is 29.7 Å². The number of anilines is 1. The molecular weight excluding hydrogens is 514 g/mol. The van der Waals surface area contributed by atoms with Crippen molar-refractivity contribution < 1.29 is 4.79 Å². The number of aryl methyl sites for hydroxylation is 3. The smallest absolute Gasteiger partial charge is 0.253 e. The number of benzene rings is 1. The number of carbonyl (C=O) groups excluding carboxylic acids is 1. The van der Waals surface area contributed by atoms with E-state index in [1.807, 2.05) is 38.4 Å². The third-order valence-electron chi connectivity index (χ3n) is 8.10. The Morgan fingerprint density at radius 3 is 2.46 bits per heavy atom. The Morgan fingerprint density at radius 2 is 1.80 bits per heavy atom. The fourth-order valence-corrected chi connectivity index (χ4v) is 5.79. The first kappa shape index (κ1) is 28.5. The maximum absolute atomic E-state index is 13.7. The molecule has 41 heavy (non-hydrogen) atoms. The molecule has 1 aliphatic rings. The zero-order valence-corrected chi connectivity index (χ0v) is 25.0. The molecule has 0 aliphatic carbocycles. The van der Waals surface area contributed by atoms with E-state index in [1.54, 1.807) is 0 Å². The summed E-state index contributed by atoms with van der Waals surface area (Å²) < 4.78 is 2.20. The van der Waals surface area contributed by atoms with Crippen molar-refractivity contribution in [2.75, 3.05) is 38.1 Å². The number of rotatable bonds is 8. The second kappa shape index (κ2) is 11.9. The highest BCUT2D eigenvalue weighted by Gasteiger charge is 2.21. The molecule has 0 saturated carbocycles. The van der Waals surface area contributed by atoms with Crippen molar-refractivity contribution in [2.24, 2.45) is 0 Å². The summed E-state index contributed by atoms with van der Waals surface area (Å²) in [6.45, 7) is 14.2. The lowest BCUT2D eigenvalue weighted by Crippen LogP contribution is -2.45. The highest BCUT2D eigenvalue weighted by molar-refractivity contribution is 6.06. The summed E-state index contributed by atoms with van der Waals surface area (Å²) in [5.74, 6) is 0.522. The highest BCUT2D eigenvalue weighted by Crippen LogP contribution is 2.35. The van der Waals surface area contributed by atoms with E-state index in [-0.39, 0.29) is 24.1 Å². The molecule has 0 spiro atoms. The molecule has 5 rings (SSSR count). The molecule has 3 aromatic heterocycles. The quantitative estimate of drug-likeness (QED) is 0.329. The second-order valence-corrected chi connectivity index (χ2v) is 11.5. The molecule has 1 amide bonds. The lowest BCUT2D eigenvalue weighted by atomic mass is 9.96.